The fraction of sp³-hybridized carbons (Fsp3) is 0.529. The van der Waals surface area contributed by atoms with Gasteiger partial charge in [-0.25, -0.2) is 9.65 Å². The first-order valence-corrected chi connectivity index (χ1v) is 10.2. The standard InChI is InChI=1S/C17H27N2O6P/c1-4-23-16(20)13-12-15(17(21)24-5-2)19-26(22,25-6-3)18-14-10-8-7-9-11-14/h7-11,15H,4-6,12-13H2,1-3H3,(H2,18,19,22)/t15-,26?/m0/s1. The Morgan fingerprint density at radius 2 is 1.69 bits per heavy atom. The molecule has 2 N–H and O–H groups in total. The molecule has 2 atom stereocenters. The molecule has 9 heteroatoms. The number of carbonyl (C=O) groups excluding carboxylic acids is 2. The maximum atomic E-state index is 13.1. The summed E-state index contributed by atoms with van der Waals surface area (Å²) in [5, 5.41) is 5.50. The lowest BCUT2D eigenvalue weighted by atomic mass is 10.2. The summed E-state index contributed by atoms with van der Waals surface area (Å²) in [6, 6.07) is 7.86. The summed E-state index contributed by atoms with van der Waals surface area (Å²) in [6.07, 6.45) is 0.0625. The highest BCUT2D eigenvalue weighted by molar-refractivity contribution is 7.58. The Bertz CT molecular complexity index is 611. The monoisotopic (exact) mass is 386 g/mol. The topological polar surface area (TPSA) is 103 Å². The molecule has 1 aromatic rings. The quantitative estimate of drug-likeness (QED) is 0.417. The predicted octanol–water partition coefficient (Wildman–Crippen LogP) is 3.11. The molecule has 146 valence electrons. The van der Waals surface area contributed by atoms with Gasteiger partial charge in [0, 0.05) is 12.1 Å². The first-order valence-electron chi connectivity index (χ1n) is 8.62. The minimum absolute atomic E-state index is 0.0121. The number of rotatable bonds is 12. The zero-order chi connectivity index (χ0) is 19.4. The fourth-order valence-electron chi connectivity index (χ4n) is 2.14. The second-order valence-electron chi connectivity index (χ2n) is 5.22. The van der Waals surface area contributed by atoms with E-state index in [1.165, 1.54) is 0 Å². The van der Waals surface area contributed by atoms with Crippen LogP contribution < -0.4 is 10.2 Å². The third kappa shape index (κ3) is 7.99. The molecule has 0 amide bonds. The summed E-state index contributed by atoms with van der Waals surface area (Å²) in [5.74, 6) is -1.04. The number of hydrogen-bond acceptors (Lipinski definition) is 6. The molecule has 0 spiro atoms. The van der Waals surface area contributed by atoms with Gasteiger partial charge in [-0.15, -0.1) is 0 Å². The van der Waals surface area contributed by atoms with E-state index in [2.05, 4.69) is 10.2 Å². The van der Waals surface area contributed by atoms with Gasteiger partial charge >= 0.3 is 19.6 Å². The second-order valence-corrected chi connectivity index (χ2v) is 7.07. The van der Waals surface area contributed by atoms with E-state index in [0.29, 0.717) is 5.69 Å². The van der Waals surface area contributed by atoms with Crippen molar-refractivity contribution in [2.75, 3.05) is 24.9 Å². The van der Waals surface area contributed by atoms with Gasteiger partial charge in [0.15, 0.2) is 0 Å². The lowest BCUT2D eigenvalue weighted by Gasteiger charge is -2.25. The van der Waals surface area contributed by atoms with Crippen LogP contribution in [0.15, 0.2) is 30.3 Å². The van der Waals surface area contributed by atoms with Crippen LogP contribution >= 0.6 is 7.67 Å². The summed E-state index contributed by atoms with van der Waals surface area (Å²) in [4.78, 5) is 23.8. The lowest BCUT2D eigenvalue weighted by Crippen LogP contribution is -2.38. The molecule has 0 radical (unpaired) electrons. The molecular weight excluding hydrogens is 359 g/mol. The molecule has 0 bridgehead atoms. The Labute approximate surface area is 154 Å². The van der Waals surface area contributed by atoms with Crippen LogP contribution in [0.25, 0.3) is 0 Å². The molecule has 1 aromatic carbocycles. The van der Waals surface area contributed by atoms with Gasteiger partial charge in [0.25, 0.3) is 0 Å². The molecule has 0 saturated heterocycles. The maximum Gasteiger partial charge on any atom is 0.366 e. The van der Waals surface area contributed by atoms with E-state index in [0.717, 1.165) is 0 Å². The Hall–Kier alpha value is -1.89. The maximum absolute atomic E-state index is 13.1. The molecule has 1 unspecified atom stereocenters. The highest BCUT2D eigenvalue weighted by Crippen LogP contribution is 2.43. The zero-order valence-electron chi connectivity index (χ0n) is 15.4. The van der Waals surface area contributed by atoms with Crippen LogP contribution in [0.1, 0.15) is 33.6 Å². The molecule has 0 fully saturated rings. The van der Waals surface area contributed by atoms with Crippen LogP contribution in [-0.4, -0.2) is 37.8 Å². The van der Waals surface area contributed by atoms with Crippen molar-refractivity contribution < 1.29 is 28.2 Å². The average Bonchev–Trinajstić information content (AvgIpc) is 2.60. The molecular formula is C17H27N2O6P. The second kappa shape index (κ2) is 11.7. The van der Waals surface area contributed by atoms with Crippen LogP contribution in [-0.2, 0) is 28.2 Å². The number of ether oxygens (including phenoxy) is 2. The van der Waals surface area contributed by atoms with Crippen LogP contribution in [0.5, 0.6) is 0 Å². The minimum Gasteiger partial charge on any atom is -0.466 e. The summed E-state index contributed by atoms with van der Waals surface area (Å²) in [7, 11) is -3.60. The van der Waals surface area contributed by atoms with Crippen molar-refractivity contribution in [3.63, 3.8) is 0 Å². The highest BCUT2D eigenvalue weighted by atomic mass is 31.2. The van der Waals surface area contributed by atoms with Gasteiger partial charge in [-0.05, 0) is 39.3 Å². The van der Waals surface area contributed by atoms with Crippen molar-refractivity contribution in [2.24, 2.45) is 0 Å². The summed E-state index contributed by atoms with van der Waals surface area (Å²) in [6.45, 7) is 5.65. The van der Waals surface area contributed by atoms with Crippen molar-refractivity contribution >= 4 is 25.3 Å². The number of benzene rings is 1. The molecule has 0 saturated carbocycles. The van der Waals surface area contributed by atoms with Crippen molar-refractivity contribution in [2.45, 2.75) is 39.7 Å². The van der Waals surface area contributed by atoms with Crippen molar-refractivity contribution in [1.82, 2.24) is 5.09 Å². The summed E-state index contributed by atoms with van der Waals surface area (Å²) in [5.41, 5.74) is 0.574. The van der Waals surface area contributed by atoms with Gasteiger partial charge in [0.1, 0.15) is 6.04 Å². The van der Waals surface area contributed by atoms with E-state index in [4.69, 9.17) is 14.0 Å². The molecule has 0 aromatic heterocycles. The third-order valence-corrected chi connectivity index (χ3v) is 5.03. The Morgan fingerprint density at radius 3 is 2.27 bits per heavy atom. The van der Waals surface area contributed by atoms with E-state index >= 15 is 0 Å². The minimum atomic E-state index is -3.60. The van der Waals surface area contributed by atoms with Crippen molar-refractivity contribution in [1.29, 1.82) is 0 Å². The van der Waals surface area contributed by atoms with Crippen LogP contribution in [0.3, 0.4) is 0 Å². The van der Waals surface area contributed by atoms with Crippen molar-refractivity contribution in [3.05, 3.63) is 30.3 Å². The van der Waals surface area contributed by atoms with E-state index in [-0.39, 0.29) is 32.7 Å². The highest BCUT2D eigenvalue weighted by Gasteiger charge is 2.32. The number of anilines is 1. The molecule has 26 heavy (non-hydrogen) atoms. The average molecular weight is 386 g/mol. The van der Waals surface area contributed by atoms with Gasteiger partial charge in [-0.3, -0.25) is 9.59 Å². The van der Waals surface area contributed by atoms with E-state index in [1.54, 1.807) is 45.0 Å². The van der Waals surface area contributed by atoms with Crippen LogP contribution in [0.4, 0.5) is 5.69 Å². The smallest absolute Gasteiger partial charge is 0.366 e. The largest absolute Gasteiger partial charge is 0.466 e. The number of nitrogens with one attached hydrogen (secondary N) is 2. The number of esters is 2. The number of para-hydroxylation sites is 1. The van der Waals surface area contributed by atoms with Gasteiger partial charge in [0.2, 0.25) is 0 Å². The Balaban J connectivity index is 2.89. The first-order chi connectivity index (χ1) is 12.4. The molecule has 0 aliphatic carbocycles. The molecule has 0 aliphatic rings. The third-order valence-electron chi connectivity index (χ3n) is 3.20. The van der Waals surface area contributed by atoms with Crippen LogP contribution in [0, 0.1) is 0 Å². The summed E-state index contributed by atoms with van der Waals surface area (Å²) < 4.78 is 28.3. The van der Waals surface area contributed by atoms with Crippen molar-refractivity contribution in [3.8, 4) is 0 Å². The molecule has 1 rings (SSSR count). The normalized spacial score (nSPS) is 14.1. The van der Waals surface area contributed by atoms with Gasteiger partial charge in [-0.2, -0.15) is 0 Å². The fourth-order valence-corrected chi connectivity index (χ4v) is 3.85. The number of hydrogen-bond donors (Lipinski definition) is 2. The Kier molecular flexibility index (Phi) is 9.95. The number of carbonyl (C=O) groups is 2. The van der Waals surface area contributed by atoms with Gasteiger partial charge in [-0.1, -0.05) is 18.2 Å². The van der Waals surface area contributed by atoms with E-state index in [9.17, 15) is 14.2 Å². The SMILES string of the molecule is CCOC(=O)CC[C@H](NP(=O)(Nc1ccccc1)OCC)C(=O)OCC. The van der Waals surface area contributed by atoms with Gasteiger partial charge in [0.05, 0.1) is 19.8 Å². The molecule has 8 nitrogen and oxygen atoms in total. The molecule has 0 aliphatic heterocycles. The molecule has 0 heterocycles. The lowest BCUT2D eigenvalue weighted by molar-refractivity contribution is -0.146. The van der Waals surface area contributed by atoms with E-state index < -0.39 is 25.7 Å². The summed E-state index contributed by atoms with van der Waals surface area (Å²) >= 11 is 0. The zero-order valence-corrected chi connectivity index (χ0v) is 16.3. The first kappa shape index (κ1) is 22.2. The Morgan fingerprint density at radius 1 is 1.04 bits per heavy atom. The van der Waals surface area contributed by atoms with Gasteiger partial charge < -0.3 is 19.1 Å². The van der Waals surface area contributed by atoms with E-state index in [1.807, 2.05) is 6.07 Å². The van der Waals surface area contributed by atoms with Crippen LogP contribution in [0.2, 0.25) is 0 Å². The predicted molar refractivity (Wildman–Crippen MR) is 98.7 cm³/mol.